The Morgan fingerprint density at radius 2 is 1.88 bits per heavy atom. The van der Waals surface area contributed by atoms with E-state index in [1.807, 2.05) is 32.2 Å². The SMILES string of the molecule is COc1ccc(C[NH+](C)[C@H](C)C(=O)Nc2ccc(C#N)cc2)c(OC)c1. The Labute approximate surface area is 153 Å². The van der Waals surface area contributed by atoms with Crippen molar-refractivity contribution < 1.29 is 19.2 Å². The normalized spacial score (nSPS) is 12.6. The molecule has 136 valence electrons. The first-order chi connectivity index (χ1) is 12.5. The van der Waals surface area contributed by atoms with E-state index in [-0.39, 0.29) is 11.9 Å². The van der Waals surface area contributed by atoms with Crippen molar-refractivity contribution in [3.63, 3.8) is 0 Å². The summed E-state index contributed by atoms with van der Waals surface area (Å²) < 4.78 is 10.6. The fourth-order valence-electron chi connectivity index (χ4n) is 2.55. The van der Waals surface area contributed by atoms with Crippen molar-refractivity contribution in [2.75, 3.05) is 26.6 Å². The number of carbonyl (C=O) groups is 1. The molecule has 1 amide bonds. The van der Waals surface area contributed by atoms with Gasteiger partial charge in [0.05, 0.1) is 32.9 Å². The Balaban J connectivity index is 2.03. The monoisotopic (exact) mass is 354 g/mol. The largest absolute Gasteiger partial charge is 0.497 e. The number of nitrogens with one attached hydrogen (secondary N) is 2. The summed E-state index contributed by atoms with van der Waals surface area (Å²) in [6.45, 7) is 2.51. The van der Waals surface area contributed by atoms with E-state index in [1.54, 1.807) is 38.5 Å². The molecule has 0 aliphatic heterocycles. The molecule has 0 aliphatic carbocycles. The third kappa shape index (κ3) is 4.74. The van der Waals surface area contributed by atoms with Gasteiger partial charge in [-0.2, -0.15) is 5.26 Å². The molecule has 0 aromatic heterocycles. The standard InChI is InChI=1S/C20H23N3O3/c1-14(20(24)22-17-8-5-15(12-21)6-9-17)23(2)13-16-7-10-18(25-3)11-19(16)26-4/h5-11,14H,13H2,1-4H3,(H,22,24)/p+1/t14-/m1/s1. The van der Waals surface area contributed by atoms with E-state index in [2.05, 4.69) is 11.4 Å². The second kappa shape index (κ2) is 8.88. The summed E-state index contributed by atoms with van der Waals surface area (Å²) in [4.78, 5) is 13.5. The maximum atomic E-state index is 12.5. The highest BCUT2D eigenvalue weighted by Gasteiger charge is 2.23. The van der Waals surface area contributed by atoms with Gasteiger partial charge in [0.25, 0.3) is 5.91 Å². The second-order valence-electron chi connectivity index (χ2n) is 6.10. The van der Waals surface area contributed by atoms with Gasteiger partial charge in [-0.3, -0.25) is 4.79 Å². The number of anilines is 1. The average molecular weight is 354 g/mol. The van der Waals surface area contributed by atoms with Crippen molar-refractivity contribution in [2.24, 2.45) is 0 Å². The zero-order valence-electron chi connectivity index (χ0n) is 15.5. The summed E-state index contributed by atoms with van der Waals surface area (Å²) in [7, 11) is 5.20. The molecule has 0 bridgehead atoms. The first-order valence-electron chi connectivity index (χ1n) is 8.32. The first kappa shape index (κ1) is 19.3. The third-order valence-electron chi connectivity index (χ3n) is 4.38. The van der Waals surface area contributed by atoms with Gasteiger partial charge in [0, 0.05) is 17.3 Å². The molecule has 2 N–H and O–H groups in total. The number of ether oxygens (including phenoxy) is 2. The predicted molar refractivity (Wildman–Crippen MR) is 99.4 cm³/mol. The molecule has 6 nitrogen and oxygen atoms in total. The smallest absolute Gasteiger partial charge is 0.282 e. The molecular weight excluding hydrogens is 330 g/mol. The van der Waals surface area contributed by atoms with E-state index < -0.39 is 0 Å². The molecular formula is C20H24N3O3+. The van der Waals surface area contributed by atoms with Crippen LogP contribution in [-0.2, 0) is 11.3 Å². The number of amides is 1. The molecule has 2 aromatic carbocycles. The van der Waals surface area contributed by atoms with Gasteiger partial charge in [-0.1, -0.05) is 0 Å². The summed E-state index contributed by atoms with van der Waals surface area (Å²) in [5.41, 5.74) is 2.24. The summed E-state index contributed by atoms with van der Waals surface area (Å²) in [6.07, 6.45) is 0. The molecule has 0 aliphatic rings. The fourth-order valence-corrected chi connectivity index (χ4v) is 2.55. The molecule has 0 fully saturated rings. The molecule has 2 aromatic rings. The van der Waals surface area contributed by atoms with Crippen LogP contribution in [0.5, 0.6) is 11.5 Å². The number of rotatable bonds is 7. The highest BCUT2D eigenvalue weighted by molar-refractivity contribution is 5.93. The van der Waals surface area contributed by atoms with Crippen LogP contribution in [-0.4, -0.2) is 33.2 Å². The van der Waals surface area contributed by atoms with E-state index in [9.17, 15) is 4.79 Å². The van der Waals surface area contributed by atoms with Gasteiger partial charge >= 0.3 is 0 Å². The minimum Gasteiger partial charge on any atom is -0.497 e. The number of likely N-dealkylation sites (N-methyl/N-ethyl adjacent to an activating group) is 1. The van der Waals surface area contributed by atoms with Gasteiger partial charge in [0.1, 0.15) is 18.0 Å². The van der Waals surface area contributed by atoms with Crippen LogP contribution < -0.4 is 19.7 Å². The summed E-state index contributed by atoms with van der Waals surface area (Å²) in [6, 6.07) is 14.3. The van der Waals surface area contributed by atoms with E-state index in [0.29, 0.717) is 17.8 Å². The summed E-state index contributed by atoms with van der Waals surface area (Å²) >= 11 is 0. The minimum absolute atomic E-state index is 0.0836. The number of hydrogen-bond acceptors (Lipinski definition) is 4. The van der Waals surface area contributed by atoms with Crippen molar-refractivity contribution in [3.8, 4) is 17.6 Å². The number of nitriles is 1. The Morgan fingerprint density at radius 1 is 1.19 bits per heavy atom. The zero-order valence-corrected chi connectivity index (χ0v) is 15.5. The Hall–Kier alpha value is -3.04. The van der Waals surface area contributed by atoms with Crippen molar-refractivity contribution in [3.05, 3.63) is 53.6 Å². The fraction of sp³-hybridized carbons (Fsp3) is 0.300. The average Bonchev–Trinajstić information content (AvgIpc) is 2.68. The minimum atomic E-state index is -0.266. The molecule has 2 rings (SSSR count). The number of carbonyl (C=O) groups excluding carboxylic acids is 1. The van der Waals surface area contributed by atoms with Crippen LogP contribution in [0.4, 0.5) is 5.69 Å². The number of quaternary nitrogens is 1. The maximum absolute atomic E-state index is 12.5. The highest BCUT2D eigenvalue weighted by Crippen LogP contribution is 2.23. The van der Waals surface area contributed by atoms with E-state index >= 15 is 0 Å². The van der Waals surface area contributed by atoms with Crippen molar-refractivity contribution in [1.29, 1.82) is 5.26 Å². The van der Waals surface area contributed by atoms with Crippen LogP contribution in [0.15, 0.2) is 42.5 Å². The number of nitrogens with zero attached hydrogens (tertiary/aromatic N) is 1. The molecule has 0 heterocycles. The van der Waals surface area contributed by atoms with Crippen LogP contribution >= 0.6 is 0 Å². The van der Waals surface area contributed by atoms with Crippen molar-refractivity contribution >= 4 is 11.6 Å². The van der Waals surface area contributed by atoms with Crippen LogP contribution in [0.25, 0.3) is 0 Å². The molecule has 1 unspecified atom stereocenters. The van der Waals surface area contributed by atoms with E-state index in [4.69, 9.17) is 14.7 Å². The van der Waals surface area contributed by atoms with E-state index in [1.165, 1.54) is 0 Å². The number of hydrogen-bond donors (Lipinski definition) is 2. The Kier molecular flexibility index (Phi) is 6.59. The lowest BCUT2D eigenvalue weighted by molar-refractivity contribution is -0.907. The molecule has 0 spiro atoms. The van der Waals surface area contributed by atoms with Gasteiger partial charge in [-0.15, -0.1) is 0 Å². The van der Waals surface area contributed by atoms with Gasteiger partial charge in [0.15, 0.2) is 6.04 Å². The molecule has 0 radical (unpaired) electrons. The van der Waals surface area contributed by atoms with Gasteiger partial charge < -0.3 is 19.7 Å². The van der Waals surface area contributed by atoms with Crippen LogP contribution in [0, 0.1) is 11.3 Å². The molecule has 0 saturated heterocycles. The van der Waals surface area contributed by atoms with Gasteiger partial charge in [-0.05, 0) is 43.3 Å². The summed E-state index contributed by atoms with van der Waals surface area (Å²) in [5, 5.41) is 11.7. The zero-order chi connectivity index (χ0) is 19.1. The van der Waals surface area contributed by atoms with Crippen LogP contribution in [0.3, 0.4) is 0 Å². The highest BCUT2D eigenvalue weighted by atomic mass is 16.5. The molecule has 2 atom stereocenters. The van der Waals surface area contributed by atoms with Crippen molar-refractivity contribution in [2.45, 2.75) is 19.5 Å². The quantitative estimate of drug-likeness (QED) is 0.792. The Bertz CT molecular complexity index is 797. The number of methoxy groups -OCH3 is 2. The van der Waals surface area contributed by atoms with Gasteiger partial charge in [-0.25, -0.2) is 0 Å². The lowest BCUT2D eigenvalue weighted by Crippen LogP contribution is -3.12. The lowest BCUT2D eigenvalue weighted by atomic mass is 10.1. The van der Waals surface area contributed by atoms with E-state index in [0.717, 1.165) is 22.0 Å². The van der Waals surface area contributed by atoms with Crippen LogP contribution in [0.1, 0.15) is 18.1 Å². The van der Waals surface area contributed by atoms with Crippen LogP contribution in [0.2, 0.25) is 0 Å². The first-order valence-corrected chi connectivity index (χ1v) is 8.32. The third-order valence-corrected chi connectivity index (χ3v) is 4.38. The summed E-state index contributed by atoms with van der Waals surface area (Å²) in [5.74, 6) is 1.39. The number of benzene rings is 2. The van der Waals surface area contributed by atoms with Gasteiger partial charge in [0.2, 0.25) is 0 Å². The van der Waals surface area contributed by atoms with Crippen molar-refractivity contribution in [1.82, 2.24) is 0 Å². The Morgan fingerprint density at radius 3 is 2.46 bits per heavy atom. The second-order valence-corrected chi connectivity index (χ2v) is 6.10. The predicted octanol–water partition coefficient (Wildman–Crippen LogP) is 1.62. The topological polar surface area (TPSA) is 75.8 Å². The molecule has 6 heteroatoms. The lowest BCUT2D eigenvalue weighted by Gasteiger charge is -2.22. The molecule has 26 heavy (non-hydrogen) atoms. The maximum Gasteiger partial charge on any atom is 0.282 e. The molecule has 0 saturated carbocycles.